The van der Waals surface area contributed by atoms with Gasteiger partial charge in [-0.1, -0.05) is 6.07 Å². The highest BCUT2D eigenvalue weighted by molar-refractivity contribution is 7.91. The Kier molecular flexibility index (Phi) is 4.29. The Labute approximate surface area is 121 Å². The fourth-order valence-corrected chi connectivity index (χ4v) is 5.29. The fraction of sp³-hybridized carbons (Fsp3) is 0.333. The first-order chi connectivity index (χ1) is 8.91. The molecule has 0 saturated carbocycles. The van der Waals surface area contributed by atoms with Crippen LogP contribution in [0, 0.1) is 0 Å². The molecule has 4 nitrogen and oxygen atoms in total. The van der Waals surface area contributed by atoms with E-state index in [9.17, 15) is 8.42 Å². The third kappa shape index (κ3) is 3.17. The number of rotatable bonds is 5. The van der Waals surface area contributed by atoms with Crippen molar-refractivity contribution in [3.05, 3.63) is 33.8 Å². The van der Waals surface area contributed by atoms with Crippen LogP contribution in [0.2, 0.25) is 0 Å². The summed E-state index contributed by atoms with van der Waals surface area (Å²) in [7, 11) is -3.48. The lowest BCUT2D eigenvalue weighted by Gasteiger charge is -2.24. The number of thiophene rings is 2. The maximum atomic E-state index is 12.6. The lowest BCUT2D eigenvalue weighted by atomic mass is 10.4. The fourth-order valence-electron chi connectivity index (χ4n) is 1.68. The van der Waals surface area contributed by atoms with Crippen LogP contribution in [0.3, 0.4) is 0 Å². The monoisotopic (exact) mass is 316 g/mol. The first kappa shape index (κ1) is 14.5. The van der Waals surface area contributed by atoms with Crippen LogP contribution in [0.15, 0.2) is 33.2 Å². The van der Waals surface area contributed by atoms with Gasteiger partial charge in [0.25, 0.3) is 10.0 Å². The zero-order chi connectivity index (χ0) is 14.0. The Balaban J connectivity index is 2.33. The molecule has 2 rings (SSSR count). The van der Waals surface area contributed by atoms with E-state index in [1.54, 1.807) is 16.7 Å². The molecule has 0 aliphatic heterocycles. The van der Waals surface area contributed by atoms with Gasteiger partial charge in [-0.05, 0) is 31.4 Å². The third-order valence-electron chi connectivity index (χ3n) is 2.63. The van der Waals surface area contributed by atoms with E-state index in [2.05, 4.69) is 0 Å². The second kappa shape index (κ2) is 5.62. The minimum atomic E-state index is -3.48. The van der Waals surface area contributed by atoms with Gasteiger partial charge in [0.05, 0.1) is 0 Å². The van der Waals surface area contributed by atoms with E-state index < -0.39 is 10.0 Å². The number of anilines is 1. The van der Waals surface area contributed by atoms with Crippen molar-refractivity contribution in [2.24, 2.45) is 0 Å². The van der Waals surface area contributed by atoms with Crippen molar-refractivity contribution in [3.63, 3.8) is 0 Å². The highest BCUT2D eigenvalue weighted by Gasteiger charge is 2.28. The van der Waals surface area contributed by atoms with Crippen LogP contribution in [0.25, 0.3) is 0 Å². The molecule has 2 aromatic rings. The molecule has 0 aromatic carbocycles. The van der Waals surface area contributed by atoms with Gasteiger partial charge in [0.1, 0.15) is 4.21 Å². The number of nitrogen functional groups attached to an aromatic ring is 1. The SMILES string of the molecule is CC(C)N(Cc1cccs1)S(=O)(=O)c1cc(N)cs1. The maximum absolute atomic E-state index is 12.6. The predicted octanol–water partition coefficient (Wildman–Crippen LogP) is 2.99. The van der Waals surface area contributed by atoms with Crippen molar-refractivity contribution in [1.29, 1.82) is 0 Å². The molecule has 0 bridgehead atoms. The second-order valence-corrected chi connectivity index (χ2v) is 8.48. The van der Waals surface area contributed by atoms with E-state index in [-0.39, 0.29) is 6.04 Å². The van der Waals surface area contributed by atoms with E-state index in [4.69, 9.17) is 5.73 Å². The zero-order valence-electron chi connectivity index (χ0n) is 10.7. The lowest BCUT2D eigenvalue weighted by Crippen LogP contribution is -2.35. The van der Waals surface area contributed by atoms with Crippen molar-refractivity contribution in [3.8, 4) is 0 Å². The Morgan fingerprint density at radius 1 is 1.37 bits per heavy atom. The highest BCUT2D eigenvalue weighted by Crippen LogP contribution is 2.28. The van der Waals surface area contributed by atoms with Crippen LogP contribution in [0.1, 0.15) is 18.7 Å². The van der Waals surface area contributed by atoms with Crippen LogP contribution in [0.4, 0.5) is 5.69 Å². The molecule has 2 heterocycles. The Morgan fingerprint density at radius 2 is 2.11 bits per heavy atom. The molecule has 0 spiro atoms. The summed E-state index contributed by atoms with van der Waals surface area (Å²) in [5, 5.41) is 3.60. The van der Waals surface area contributed by atoms with Crippen LogP contribution < -0.4 is 5.73 Å². The van der Waals surface area contributed by atoms with Gasteiger partial charge in [0, 0.05) is 28.5 Å². The summed E-state index contributed by atoms with van der Waals surface area (Å²) in [6, 6.07) is 5.28. The van der Waals surface area contributed by atoms with Gasteiger partial charge in [-0.3, -0.25) is 0 Å². The van der Waals surface area contributed by atoms with Crippen LogP contribution in [-0.2, 0) is 16.6 Å². The van der Waals surface area contributed by atoms with Gasteiger partial charge in [-0.25, -0.2) is 8.42 Å². The van der Waals surface area contributed by atoms with Gasteiger partial charge < -0.3 is 5.73 Å². The van der Waals surface area contributed by atoms with Crippen molar-refractivity contribution < 1.29 is 8.42 Å². The summed E-state index contributed by atoms with van der Waals surface area (Å²) in [6.07, 6.45) is 0. The largest absolute Gasteiger partial charge is 0.398 e. The number of nitrogens with two attached hydrogens (primary N) is 1. The molecule has 0 atom stereocenters. The van der Waals surface area contributed by atoms with Crippen LogP contribution in [0.5, 0.6) is 0 Å². The highest BCUT2D eigenvalue weighted by atomic mass is 32.2. The normalized spacial score (nSPS) is 12.4. The average Bonchev–Trinajstić information content (AvgIpc) is 2.96. The summed E-state index contributed by atoms with van der Waals surface area (Å²) < 4.78 is 27.0. The number of nitrogens with zero attached hydrogens (tertiary/aromatic N) is 1. The molecular formula is C12H16N2O2S3. The molecule has 7 heteroatoms. The number of hydrogen-bond donors (Lipinski definition) is 1. The minimum absolute atomic E-state index is 0.101. The molecule has 104 valence electrons. The summed E-state index contributed by atoms with van der Waals surface area (Å²) in [6.45, 7) is 4.15. The third-order valence-corrected chi connectivity index (χ3v) is 6.94. The smallest absolute Gasteiger partial charge is 0.253 e. The Hall–Kier alpha value is -0.890. The van der Waals surface area contributed by atoms with Crippen molar-refractivity contribution in [1.82, 2.24) is 4.31 Å². The van der Waals surface area contributed by atoms with E-state index in [0.717, 1.165) is 16.2 Å². The second-order valence-electron chi connectivity index (χ2n) is 4.42. The maximum Gasteiger partial charge on any atom is 0.253 e. The van der Waals surface area contributed by atoms with Gasteiger partial charge in [0.15, 0.2) is 0 Å². The molecule has 19 heavy (non-hydrogen) atoms. The summed E-state index contributed by atoms with van der Waals surface area (Å²) in [5.41, 5.74) is 6.11. The lowest BCUT2D eigenvalue weighted by molar-refractivity contribution is 0.351. The summed E-state index contributed by atoms with van der Waals surface area (Å²) >= 11 is 2.72. The van der Waals surface area contributed by atoms with E-state index in [1.165, 1.54) is 10.4 Å². The topological polar surface area (TPSA) is 63.4 Å². The first-order valence-electron chi connectivity index (χ1n) is 5.79. The van der Waals surface area contributed by atoms with E-state index in [1.807, 2.05) is 31.4 Å². The summed E-state index contributed by atoms with van der Waals surface area (Å²) in [4.78, 5) is 1.03. The molecule has 0 fully saturated rings. The van der Waals surface area contributed by atoms with Crippen molar-refractivity contribution in [2.45, 2.75) is 30.6 Å². The average molecular weight is 316 g/mol. The van der Waals surface area contributed by atoms with Crippen LogP contribution in [-0.4, -0.2) is 18.8 Å². The molecule has 0 saturated heterocycles. The van der Waals surface area contributed by atoms with E-state index in [0.29, 0.717) is 16.4 Å². The molecular weight excluding hydrogens is 300 g/mol. The molecule has 2 aromatic heterocycles. The van der Waals surface area contributed by atoms with Crippen molar-refractivity contribution in [2.75, 3.05) is 5.73 Å². The van der Waals surface area contributed by atoms with Gasteiger partial charge in [-0.2, -0.15) is 4.31 Å². The molecule has 2 N–H and O–H groups in total. The van der Waals surface area contributed by atoms with Gasteiger partial charge in [-0.15, -0.1) is 22.7 Å². The summed E-state index contributed by atoms with van der Waals surface area (Å²) in [5.74, 6) is 0. The Morgan fingerprint density at radius 3 is 2.58 bits per heavy atom. The molecule has 0 radical (unpaired) electrons. The first-order valence-corrected chi connectivity index (χ1v) is 8.99. The standard InChI is InChI=1S/C12H16N2O2S3/c1-9(2)14(7-11-4-3-5-17-11)19(15,16)12-6-10(13)8-18-12/h3-6,8-9H,7,13H2,1-2H3. The quantitative estimate of drug-likeness (QED) is 0.922. The predicted molar refractivity (Wildman–Crippen MR) is 80.9 cm³/mol. The number of hydrogen-bond acceptors (Lipinski definition) is 5. The number of sulfonamides is 1. The molecule has 0 amide bonds. The molecule has 0 aliphatic carbocycles. The van der Waals surface area contributed by atoms with E-state index >= 15 is 0 Å². The molecule has 0 aliphatic rings. The Bertz CT molecular complexity index is 630. The van der Waals surface area contributed by atoms with Crippen LogP contribution >= 0.6 is 22.7 Å². The van der Waals surface area contributed by atoms with Gasteiger partial charge >= 0.3 is 0 Å². The zero-order valence-corrected chi connectivity index (χ0v) is 13.2. The minimum Gasteiger partial charge on any atom is -0.398 e. The van der Waals surface area contributed by atoms with Crippen molar-refractivity contribution >= 4 is 38.4 Å². The molecule has 0 unspecified atom stereocenters. The van der Waals surface area contributed by atoms with Gasteiger partial charge in [0.2, 0.25) is 0 Å².